The first-order valence-corrected chi connectivity index (χ1v) is 11.6. The Hall–Kier alpha value is -1.34. The third-order valence-electron chi connectivity index (χ3n) is 4.47. The van der Waals surface area contributed by atoms with Crippen molar-refractivity contribution in [3.05, 3.63) is 43.6 Å². The molecule has 1 aliphatic carbocycles. The maximum absolute atomic E-state index is 14.3. The number of aliphatic hydroxyl groups is 2. The molecule has 2 aromatic rings. The first-order chi connectivity index (χ1) is 13.2. The van der Waals surface area contributed by atoms with Crippen LogP contribution in [-0.2, 0) is 6.42 Å². The van der Waals surface area contributed by atoms with Gasteiger partial charge in [-0.2, -0.15) is 0 Å². The number of carbonyl (C=O) groups is 2. The zero-order chi connectivity index (χ0) is 20.5. The fourth-order valence-electron chi connectivity index (χ4n) is 2.92. The van der Waals surface area contributed by atoms with Crippen molar-refractivity contribution >= 4 is 66.5 Å². The second-order valence-electron chi connectivity index (χ2n) is 6.98. The van der Waals surface area contributed by atoms with Crippen molar-refractivity contribution < 1.29 is 24.2 Å². The number of carbonyl (C=O) groups excluding carboxylic acids is 2. The molecule has 0 spiro atoms. The highest BCUT2D eigenvalue weighted by atomic mass is 127. The van der Waals surface area contributed by atoms with E-state index < -0.39 is 23.6 Å². The Kier molecular flexibility index (Phi) is 6.54. The lowest BCUT2D eigenvalue weighted by Crippen LogP contribution is -2.46. The van der Waals surface area contributed by atoms with Crippen LogP contribution < -0.4 is 10.6 Å². The van der Waals surface area contributed by atoms with Crippen LogP contribution in [0.3, 0.4) is 0 Å². The molecule has 0 bridgehead atoms. The standard InChI is InChI=1S/C18H20FIN2O4SSi/c19-11-6-9(20)4-5-12(11)22-17-14(16(25)21-7-18(26,28)8-23)10-2-1-3-13(24)15(10)27-17/h4-6,22-23,26H,1-3,7-8H2,28H3,(H,21,25)/t18-/m0/s1. The topological polar surface area (TPSA) is 98.7 Å². The van der Waals surface area contributed by atoms with Crippen molar-refractivity contribution in [2.24, 2.45) is 0 Å². The molecule has 1 aromatic heterocycles. The molecule has 1 heterocycles. The zero-order valence-corrected chi connectivity index (χ0v) is 20.1. The molecule has 0 radical (unpaired) electrons. The van der Waals surface area contributed by atoms with Crippen LogP contribution >= 0.6 is 33.9 Å². The number of Topliss-reactive ketones (excluding diaryl/α,β-unsaturated/α-hetero) is 1. The van der Waals surface area contributed by atoms with Gasteiger partial charge in [-0.1, -0.05) is 0 Å². The first kappa shape index (κ1) is 21.4. The molecule has 150 valence electrons. The highest BCUT2D eigenvalue weighted by Gasteiger charge is 2.30. The number of anilines is 2. The summed E-state index contributed by atoms with van der Waals surface area (Å²) < 4.78 is 15.0. The number of ketones is 1. The summed E-state index contributed by atoms with van der Waals surface area (Å²) in [5, 5.41) is 23.9. The van der Waals surface area contributed by atoms with E-state index in [0.717, 1.165) is 14.9 Å². The largest absolute Gasteiger partial charge is 0.394 e. The van der Waals surface area contributed by atoms with Crippen molar-refractivity contribution in [2.75, 3.05) is 18.5 Å². The number of aliphatic hydroxyl groups excluding tert-OH is 1. The van der Waals surface area contributed by atoms with E-state index in [1.165, 1.54) is 6.07 Å². The van der Waals surface area contributed by atoms with E-state index in [9.17, 15) is 24.2 Å². The Labute approximate surface area is 182 Å². The maximum atomic E-state index is 14.3. The van der Waals surface area contributed by atoms with Gasteiger partial charge in [-0.15, -0.1) is 11.3 Å². The smallest absolute Gasteiger partial charge is 0.254 e. The molecule has 3 rings (SSSR count). The average Bonchev–Trinajstić information content (AvgIpc) is 3.02. The Bertz CT molecular complexity index is 935. The molecule has 0 unspecified atom stereocenters. The summed E-state index contributed by atoms with van der Waals surface area (Å²) in [7, 11) is 0.280. The van der Waals surface area contributed by atoms with E-state index in [1.54, 1.807) is 12.1 Å². The number of thiophene rings is 1. The summed E-state index contributed by atoms with van der Waals surface area (Å²) in [5.74, 6) is -0.931. The average molecular weight is 534 g/mol. The van der Waals surface area contributed by atoms with E-state index in [-0.39, 0.29) is 28.3 Å². The molecule has 28 heavy (non-hydrogen) atoms. The maximum Gasteiger partial charge on any atom is 0.254 e. The molecule has 0 saturated heterocycles. The third kappa shape index (κ3) is 4.62. The lowest BCUT2D eigenvalue weighted by atomic mass is 9.94. The van der Waals surface area contributed by atoms with Gasteiger partial charge in [0, 0.05) is 26.8 Å². The second-order valence-corrected chi connectivity index (χ2v) is 11.1. The molecular weight excluding hydrogens is 514 g/mol. The van der Waals surface area contributed by atoms with Crippen LogP contribution in [0.4, 0.5) is 15.1 Å². The number of amides is 1. The molecule has 0 saturated carbocycles. The number of fused-ring (bicyclic) bond motifs is 1. The fourth-order valence-corrected chi connectivity index (χ4v) is 4.78. The minimum absolute atomic E-state index is 0.0220. The van der Waals surface area contributed by atoms with Crippen LogP contribution in [0.5, 0.6) is 0 Å². The number of halogens is 2. The Morgan fingerprint density at radius 2 is 2.14 bits per heavy atom. The van der Waals surface area contributed by atoms with Gasteiger partial charge in [0.05, 0.1) is 28.0 Å². The third-order valence-corrected chi connectivity index (χ3v) is 7.00. The summed E-state index contributed by atoms with van der Waals surface area (Å²) >= 11 is 3.16. The molecule has 1 aliphatic rings. The number of rotatable bonds is 6. The molecule has 0 aliphatic heterocycles. The van der Waals surface area contributed by atoms with Crippen molar-refractivity contribution in [1.82, 2.24) is 5.32 Å². The molecule has 0 fully saturated rings. The van der Waals surface area contributed by atoms with Crippen molar-refractivity contribution in [2.45, 2.75) is 24.5 Å². The monoisotopic (exact) mass is 534 g/mol. The molecule has 1 aromatic carbocycles. The first-order valence-electron chi connectivity index (χ1n) is 8.74. The number of hydrogen-bond acceptors (Lipinski definition) is 6. The predicted octanol–water partition coefficient (Wildman–Crippen LogP) is 1.53. The van der Waals surface area contributed by atoms with E-state index >= 15 is 0 Å². The van der Waals surface area contributed by atoms with Crippen molar-refractivity contribution in [1.29, 1.82) is 0 Å². The second kappa shape index (κ2) is 8.57. The zero-order valence-electron chi connectivity index (χ0n) is 15.1. The van der Waals surface area contributed by atoms with Gasteiger partial charge in [0.25, 0.3) is 5.91 Å². The minimum atomic E-state index is -1.32. The molecule has 1 amide bonds. The molecular formula is C18H20FIN2O4SSi. The lowest BCUT2D eigenvalue weighted by Gasteiger charge is -2.21. The molecule has 4 N–H and O–H groups in total. The predicted molar refractivity (Wildman–Crippen MR) is 118 cm³/mol. The Morgan fingerprint density at radius 1 is 1.39 bits per heavy atom. The molecule has 6 nitrogen and oxygen atoms in total. The van der Waals surface area contributed by atoms with Gasteiger partial charge < -0.3 is 20.8 Å². The van der Waals surface area contributed by atoms with Gasteiger partial charge in [0.1, 0.15) is 10.8 Å². The van der Waals surface area contributed by atoms with E-state index in [2.05, 4.69) is 10.6 Å². The van der Waals surface area contributed by atoms with Crippen LogP contribution in [-0.4, -0.2) is 50.5 Å². The van der Waals surface area contributed by atoms with E-state index in [1.807, 2.05) is 22.6 Å². The molecule has 10 heteroatoms. The fraction of sp³-hybridized carbons (Fsp3) is 0.333. The molecule has 1 atom stereocenters. The summed E-state index contributed by atoms with van der Waals surface area (Å²) in [5.41, 5.74) is 1.18. The summed E-state index contributed by atoms with van der Waals surface area (Å²) in [6, 6.07) is 4.71. The van der Waals surface area contributed by atoms with Crippen LogP contribution in [0.15, 0.2) is 18.2 Å². The summed E-state index contributed by atoms with van der Waals surface area (Å²) in [4.78, 5) is 25.7. The Balaban J connectivity index is 1.97. The number of hydrogen-bond donors (Lipinski definition) is 4. The summed E-state index contributed by atoms with van der Waals surface area (Å²) in [6.45, 7) is -0.539. The van der Waals surface area contributed by atoms with Crippen molar-refractivity contribution in [3.8, 4) is 0 Å². The van der Waals surface area contributed by atoms with Crippen molar-refractivity contribution in [3.63, 3.8) is 0 Å². The SMILES string of the molecule is O=C1CCCc2c1sc(Nc1ccc(I)cc1F)c2C(=O)NC[C@](O)([SiH3])CO. The van der Waals surface area contributed by atoms with Gasteiger partial charge >= 0.3 is 0 Å². The highest BCUT2D eigenvalue weighted by molar-refractivity contribution is 14.1. The van der Waals surface area contributed by atoms with Crippen LogP contribution in [0.25, 0.3) is 0 Å². The van der Waals surface area contributed by atoms with E-state index in [0.29, 0.717) is 40.3 Å². The summed E-state index contributed by atoms with van der Waals surface area (Å²) in [6.07, 6.45) is 1.67. The minimum Gasteiger partial charge on any atom is -0.394 e. The Morgan fingerprint density at radius 3 is 2.82 bits per heavy atom. The van der Waals surface area contributed by atoms with Crippen LogP contribution in [0, 0.1) is 9.39 Å². The lowest BCUT2D eigenvalue weighted by molar-refractivity contribution is 0.0539. The number of nitrogens with one attached hydrogen (secondary N) is 2. The van der Waals surface area contributed by atoms with Gasteiger partial charge in [-0.3, -0.25) is 9.59 Å². The van der Waals surface area contributed by atoms with Crippen LogP contribution in [0.2, 0.25) is 0 Å². The highest BCUT2D eigenvalue weighted by Crippen LogP contribution is 2.40. The van der Waals surface area contributed by atoms with E-state index in [4.69, 9.17) is 0 Å². The van der Waals surface area contributed by atoms with Gasteiger partial charge in [0.15, 0.2) is 5.78 Å². The number of benzene rings is 1. The van der Waals surface area contributed by atoms with Gasteiger partial charge in [-0.05, 0) is 59.2 Å². The van der Waals surface area contributed by atoms with Crippen LogP contribution in [0.1, 0.15) is 38.4 Å². The quantitative estimate of drug-likeness (QED) is 0.333. The van der Waals surface area contributed by atoms with Gasteiger partial charge in [-0.25, -0.2) is 4.39 Å². The normalized spacial score (nSPS) is 15.8. The van der Waals surface area contributed by atoms with Gasteiger partial charge in [0.2, 0.25) is 0 Å².